The van der Waals surface area contributed by atoms with E-state index in [9.17, 15) is 13.2 Å². The predicted octanol–water partition coefficient (Wildman–Crippen LogP) is 2.84. The Balaban J connectivity index is 1.53. The summed E-state index contributed by atoms with van der Waals surface area (Å²) in [7, 11) is -1.66. The van der Waals surface area contributed by atoms with Crippen molar-refractivity contribution in [3.63, 3.8) is 0 Å². The molecule has 1 fully saturated rings. The number of carbonyl (C=O) groups is 1. The van der Waals surface area contributed by atoms with Crippen LogP contribution < -0.4 is 5.32 Å². The average Bonchev–Trinajstić information content (AvgIpc) is 3.17. The van der Waals surface area contributed by atoms with E-state index >= 15 is 0 Å². The molecule has 0 aliphatic carbocycles. The highest BCUT2D eigenvalue weighted by Gasteiger charge is 2.28. The van der Waals surface area contributed by atoms with Crippen LogP contribution in [0.25, 0.3) is 11.5 Å². The van der Waals surface area contributed by atoms with E-state index in [0.717, 1.165) is 5.56 Å². The molecule has 1 aliphatic rings. The average molecular weight is 441 g/mol. The van der Waals surface area contributed by atoms with Gasteiger partial charge in [0.1, 0.15) is 5.76 Å². The maximum atomic E-state index is 13.0. The van der Waals surface area contributed by atoms with Gasteiger partial charge in [-0.3, -0.25) is 4.79 Å². The zero-order valence-electron chi connectivity index (χ0n) is 17.4. The predicted molar refractivity (Wildman–Crippen MR) is 117 cm³/mol. The van der Waals surface area contributed by atoms with Crippen LogP contribution in [0.15, 0.2) is 63.9 Å². The molecule has 162 valence electrons. The second kappa shape index (κ2) is 8.62. The highest BCUT2D eigenvalue weighted by molar-refractivity contribution is 7.89. The minimum absolute atomic E-state index is 0.150. The first-order valence-corrected chi connectivity index (χ1v) is 11.4. The van der Waals surface area contributed by atoms with Crippen LogP contribution in [0.2, 0.25) is 0 Å². The summed E-state index contributed by atoms with van der Waals surface area (Å²) >= 11 is 0. The van der Waals surface area contributed by atoms with E-state index in [-0.39, 0.29) is 10.6 Å². The summed E-state index contributed by atoms with van der Waals surface area (Å²) in [6.45, 7) is 3.92. The summed E-state index contributed by atoms with van der Waals surface area (Å²) in [5.41, 5.74) is 1.31. The third-order valence-electron chi connectivity index (χ3n) is 5.22. The molecule has 9 heteroatoms. The normalized spacial score (nSPS) is 15.7. The Labute approximate surface area is 181 Å². The van der Waals surface area contributed by atoms with Crippen molar-refractivity contribution in [2.75, 3.05) is 38.5 Å². The molecule has 1 aromatic heterocycles. The van der Waals surface area contributed by atoms with Gasteiger partial charge >= 0.3 is 0 Å². The second-order valence-electron chi connectivity index (χ2n) is 7.48. The lowest BCUT2D eigenvalue weighted by molar-refractivity contribution is 0.102. The van der Waals surface area contributed by atoms with Gasteiger partial charge in [0.25, 0.3) is 5.91 Å². The first kappa shape index (κ1) is 21.2. The third-order valence-corrected chi connectivity index (χ3v) is 7.12. The first-order valence-electron chi connectivity index (χ1n) is 9.97. The third kappa shape index (κ3) is 4.53. The molecule has 2 heterocycles. The number of piperazine rings is 1. The molecule has 3 aromatic rings. The van der Waals surface area contributed by atoms with Crippen molar-refractivity contribution in [1.29, 1.82) is 0 Å². The maximum Gasteiger partial charge on any atom is 0.277 e. The van der Waals surface area contributed by atoms with Gasteiger partial charge in [0, 0.05) is 37.4 Å². The highest BCUT2D eigenvalue weighted by Crippen LogP contribution is 2.24. The summed E-state index contributed by atoms with van der Waals surface area (Å²) in [4.78, 5) is 19.3. The fraction of sp³-hybridized carbons (Fsp3) is 0.273. The number of rotatable bonds is 5. The fourth-order valence-electron chi connectivity index (χ4n) is 3.41. The molecule has 0 spiro atoms. The largest absolute Gasteiger partial charge is 0.441 e. The molecular weight excluding hydrogens is 416 g/mol. The quantitative estimate of drug-likeness (QED) is 0.656. The van der Waals surface area contributed by atoms with Crippen LogP contribution in [-0.4, -0.2) is 61.7 Å². The summed E-state index contributed by atoms with van der Waals surface area (Å²) in [6.07, 6.45) is 0. The van der Waals surface area contributed by atoms with Crippen LogP contribution in [-0.2, 0) is 10.0 Å². The van der Waals surface area contributed by atoms with E-state index in [1.165, 1.54) is 16.4 Å². The number of carbonyl (C=O) groups excluding carboxylic acids is 1. The van der Waals surface area contributed by atoms with Crippen molar-refractivity contribution in [3.8, 4) is 11.5 Å². The maximum absolute atomic E-state index is 13.0. The Kier molecular flexibility index (Phi) is 5.90. The molecule has 4 rings (SSSR count). The number of likely N-dealkylation sites (N-methyl/N-ethyl adjacent to an activating group) is 1. The minimum atomic E-state index is -3.63. The molecule has 0 atom stereocenters. The molecule has 1 N–H and O–H groups in total. The van der Waals surface area contributed by atoms with Crippen molar-refractivity contribution < 1.29 is 17.6 Å². The molecule has 0 unspecified atom stereocenters. The Bertz CT molecular complexity index is 1180. The smallest absolute Gasteiger partial charge is 0.277 e. The summed E-state index contributed by atoms with van der Waals surface area (Å²) in [5, 5.41) is 2.73. The van der Waals surface area contributed by atoms with E-state index < -0.39 is 15.9 Å². The standard InChI is InChI=1S/C22H24N4O4S/c1-16-20(24-22(30-16)17-7-4-3-5-8-17)21(27)23-18-9-6-10-19(15-18)31(28,29)26-13-11-25(2)12-14-26/h3-10,15H,11-14H2,1-2H3,(H,23,27). The van der Waals surface area contributed by atoms with Gasteiger partial charge in [-0.25, -0.2) is 13.4 Å². The fourth-order valence-corrected chi connectivity index (χ4v) is 4.88. The number of sulfonamides is 1. The molecule has 2 aromatic carbocycles. The van der Waals surface area contributed by atoms with Gasteiger partial charge in [-0.15, -0.1) is 0 Å². The van der Waals surface area contributed by atoms with E-state index in [2.05, 4.69) is 15.2 Å². The Morgan fingerprint density at radius 3 is 2.45 bits per heavy atom. The Morgan fingerprint density at radius 2 is 1.74 bits per heavy atom. The lowest BCUT2D eigenvalue weighted by atomic mass is 10.2. The Hall–Kier alpha value is -3.01. The minimum Gasteiger partial charge on any atom is -0.441 e. The van der Waals surface area contributed by atoms with Crippen LogP contribution in [0, 0.1) is 6.92 Å². The number of nitrogens with one attached hydrogen (secondary N) is 1. The summed E-state index contributed by atoms with van der Waals surface area (Å²) in [6, 6.07) is 15.6. The van der Waals surface area contributed by atoms with Crippen molar-refractivity contribution in [2.24, 2.45) is 0 Å². The zero-order chi connectivity index (χ0) is 22.0. The number of aromatic nitrogens is 1. The molecule has 31 heavy (non-hydrogen) atoms. The number of hydrogen-bond acceptors (Lipinski definition) is 6. The van der Waals surface area contributed by atoms with Crippen LogP contribution in [0.1, 0.15) is 16.2 Å². The van der Waals surface area contributed by atoms with Crippen LogP contribution in [0.4, 0.5) is 5.69 Å². The zero-order valence-corrected chi connectivity index (χ0v) is 18.2. The van der Waals surface area contributed by atoms with E-state index in [1.807, 2.05) is 37.4 Å². The first-order chi connectivity index (χ1) is 14.8. The molecule has 1 aliphatic heterocycles. The molecule has 8 nitrogen and oxygen atoms in total. The van der Waals surface area contributed by atoms with E-state index in [1.54, 1.807) is 19.1 Å². The highest BCUT2D eigenvalue weighted by atomic mass is 32.2. The van der Waals surface area contributed by atoms with Crippen LogP contribution >= 0.6 is 0 Å². The molecule has 1 saturated heterocycles. The Morgan fingerprint density at radius 1 is 1.03 bits per heavy atom. The monoisotopic (exact) mass is 440 g/mol. The lowest BCUT2D eigenvalue weighted by Gasteiger charge is -2.31. The van der Waals surface area contributed by atoms with E-state index in [0.29, 0.717) is 43.5 Å². The van der Waals surface area contributed by atoms with Gasteiger partial charge in [0.15, 0.2) is 5.69 Å². The summed E-state index contributed by atoms with van der Waals surface area (Å²) in [5.74, 6) is 0.282. The van der Waals surface area contributed by atoms with Gasteiger partial charge in [-0.2, -0.15) is 4.31 Å². The number of oxazole rings is 1. The topological polar surface area (TPSA) is 95.8 Å². The molecular formula is C22H24N4O4S. The van der Waals surface area contributed by atoms with Gasteiger partial charge < -0.3 is 14.6 Å². The van der Waals surface area contributed by atoms with Gasteiger partial charge in [0.05, 0.1) is 4.90 Å². The van der Waals surface area contributed by atoms with Crippen molar-refractivity contribution in [1.82, 2.24) is 14.2 Å². The number of anilines is 1. The van der Waals surface area contributed by atoms with Gasteiger partial charge in [-0.1, -0.05) is 24.3 Å². The number of aryl methyl sites for hydroxylation is 1. The van der Waals surface area contributed by atoms with E-state index in [4.69, 9.17) is 4.42 Å². The second-order valence-corrected chi connectivity index (χ2v) is 9.42. The van der Waals surface area contributed by atoms with Crippen molar-refractivity contribution >= 4 is 21.6 Å². The van der Waals surface area contributed by atoms with Gasteiger partial charge in [-0.05, 0) is 44.3 Å². The van der Waals surface area contributed by atoms with Crippen molar-refractivity contribution in [3.05, 3.63) is 66.1 Å². The lowest BCUT2D eigenvalue weighted by Crippen LogP contribution is -2.47. The van der Waals surface area contributed by atoms with Gasteiger partial charge in [0.2, 0.25) is 15.9 Å². The number of hydrogen-bond donors (Lipinski definition) is 1. The SMILES string of the molecule is Cc1oc(-c2ccccc2)nc1C(=O)Nc1cccc(S(=O)(=O)N2CCN(C)CC2)c1. The van der Waals surface area contributed by atoms with Crippen LogP contribution in [0.5, 0.6) is 0 Å². The molecule has 0 radical (unpaired) electrons. The summed E-state index contributed by atoms with van der Waals surface area (Å²) < 4.78 is 33.1. The number of nitrogens with zero attached hydrogens (tertiary/aromatic N) is 3. The number of benzene rings is 2. The molecule has 1 amide bonds. The number of amides is 1. The van der Waals surface area contributed by atoms with Crippen molar-refractivity contribution in [2.45, 2.75) is 11.8 Å². The molecule has 0 saturated carbocycles. The molecule has 0 bridgehead atoms. The van der Waals surface area contributed by atoms with Crippen LogP contribution in [0.3, 0.4) is 0 Å².